The maximum absolute atomic E-state index is 12.1. The number of carbonyl (C=O) groups excluding carboxylic acids is 3. The second kappa shape index (κ2) is 9.81. The van der Waals surface area contributed by atoms with Crippen LogP contribution in [0.2, 0.25) is 0 Å². The third-order valence-corrected chi connectivity index (χ3v) is 3.73. The zero-order valence-corrected chi connectivity index (χ0v) is 15.0. The normalized spacial score (nSPS) is 9.96. The average Bonchev–Trinajstić information content (AvgIpc) is 2.69. The Bertz CT molecular complexity index is 788. The molecule has 0 aliphatic heterocycles. The van der Waals surface area contributed by atoms with Crippen molar-refractivity contribution in [2.75, 3.05) is 20.2 Å². The number of nitrogens with two attached hydrogens (primary N) is 1. The lowest BCUT2D eigenvalue weighted by molar-refractivity contribution is 0.0927. The predicted molar refractivity (Wildman–Crippen MR) is 101 cm³/mol. The number of amides is 4. The summed E-state index contributed by atoms with van der Waals surface area (Å²) in [6.45, 7) is 0.900. The van der Waals surface area contributed by atoms with Crippen LogP contribution in [0.4, 0.5) is 4.79 Å². The predicted octanol–water partition coefficient (Wildman–Crippen LogP) is 1.02. The number of primary amides is 1. The Morgan fingerprint density at radius 3 is 1.74 bits per heavy atom. The Labute approximate surface area is 157 Å². The number of methoxy groups -OCH3 is 1. The van der Waals surface area contributed by atoms with E-state index in [9.17, 15) is 14.4 Å². The van der Waals surface area contributed by atoms with Crippen LogP contribution in [0.25, 0.3) is 0 Å². The first-order valence-corrected chi connectivity index (χ1v) is 8.32. The fourth-order valence-corrected chi connectivity index (χ4v) is 2.26. The van der Waals surface area contributed by atoms with Gasteiger partial charge in [-0.25, -0.2) is 4.79 Å². The third kappa shape index (κ3) is 6.35. The molecule has 142 valence electrons. The van der Waals surface area contributed by atoms with E-state index < -0.39 is 6.03 Å². The summed E-state index contributed by atoms with van der Waals surface area (Å²) in [5.74, 6) is 0.205. The monoisotopic (exact) mass is 370 g/mol. The van der Waals surface area contributed by atoms with Gasteiger partial charge in [0.05, 0.1) is 7.11 Å². The molecule has 0 saturated heterocycles. The number of hydrogen-bond acceptors (Lipinski definition) is 4. The number of benzene rings is 2. The Hall–Kier alpha value is -3.55. The van der Waals surface area contributed by atoms with Crippen LogP contribution >= 0.6 is 0 Å². The Balaban J connectivity index is 1.73. The van der Waals surface area contributed by atoms with E-state index >= 15 is 0 Å². The van der Waals surface area contributed by atoms with E-state index in [0.717, 1.165) is 5.56 Å². The van der Waals surface area contributed by atoms with Crippen molar-refractivity contribution in [3.8, 4) is 5.75 Å². The lowest BCUT2D eigenvalue weighted by Gasteiger charge is -2.08. The fraction of sp³-hybridized carbons (Fsp3) is 0.211. The summed E-state index contributed by atoms with van der Waals surface area (Å²) < 4.78 is 5.04. The van der Waals surface area contributed by atoms with Crippen LogP contribution in [0.5, 0.6) is 5.75 Å². The molecule has 0 fully saturated rings. The fourth-order valence-electron chi connectivity index (χ4n) is 2.26. The minimum atomic E-state index is -0.603. The lowest BCUT2D eigenvalue weighted by atomic mass is 10.1. The summed E-state index contributed by atoms with van der Waals surface area (Å²) in [5.41, 5.74) is 6.84. The van der Waals surface area contributed by atoms with Crippen molar-refractivity contribution in [3.05, 3.63) is 65.2 Å². The van der Waals surface area contributed by atoms with Gasteiger partial charge in [-0.15, -0.1) is 0 Å². The maximum atomic E-state index is 12.1. The SMILES string of the molecule is COc1ccc(C(=O)NCCNC(=O)c2ccc(CNC(N)=O)cc2)cc1. The van der Waals surface area contributed by atoms with E-state index in [4.69, 9.17) is 10.5 Å². The van der Waals surface area contributed by atoms with Crippen LogP contribution < -0.4 is 26.4 Å². The number of nitrogens with one attached hydrogen (secondary N) is 3. The van der Waals surface area contributed by atoms with Gasteiger partial charge in [0.25, 0.3) is 11.8 Å². The van der Waals surface area contributed by atoms with Crippen LogP contribution in [0.15, 0.2) is 48.5 Å². The number of hydrogen-bond donors (Lipinski definition) is 4. The highest BCUT2D eigenvalue weighted by Crippen LogP contribution is 2.10. The number of carbonyl (C=O) groups is 3. The topological polar surface area (TPSA) is 123 Å². The second-order valence-electron chi connectivity index (χ2n) is 5.66. The molecule has 5 N–H and O–H groups in total. The molecule has 0 atom stereocenters. The molecule has 2 aromatic rings. The Morgan fingerprint density at radius 1 is 0.815 bits per heavy atom. The summed E-state index contributed by atoms with van der Waals surface area (Å²) in [7, 11) is 1.56. The van der Waals surface area contributed by atoms with Gasteiger partial charge in [-0.3, -0.25) is 9.59 Å². The molecular weight excluding hydrogens is 348 g/mol. The van der Waals surface area contributed by atoms with Gasteiger partial charge in [0, 0.05) is 30.8 Å². The first-order valence-electron chi connectivity index (χ1n) is 8.32. The largest absolute Gasteiger partial charge is 0.497 e. The molecule has 27 heavy (non-hydrogen) atoms. The van der Waals surface area contributed by atoms with Crippen LogP contribution in [0.3, 0.4) is 0 Å². The van der Waals surface area contributed by atoms with Gasteiger partial charge in [-0.2, -0.15) is 0 Å². The molecule has 4 amide bonds. The molecule has 0 aliphatic carbocycles. The van der Waals surface area contributed by atoms with E-state index in [0.29, 0.717) is 36.5 Å². The first kappa shape index (κ1) is 19.8. The van der Waals surface area contributed by atoms with Crippen LogP contribution in [0.1, 0.15) is 26.3 Å². The van der Waals surface area contributed by atoms with Crippen molar-refractivity contribution in [3.63, 3.8) is 0 Å². The minimum absolute atomic E-state index is 0.224. The molecule has 8 heteroatoms. The van der Waals surface area contributed by atoms with Crippen LogP contribution in [-0.2, 0) is 6.54 Å². The van der Waals surface area contributed by atoms with Gasteiger partial charge in [-0.05, 0) is 42.0 Å². The number of urea groups is 1. The van der Waals surface area contributed by atoms with Crippen molar-refractivity contribution in [2.24, 2.45) is 5.73 Å². The zero-order chi connectivity index (χ0) is 19.6. The van der Waals surface area contributed by atoms with E-state index in [-0.39, 0.29) is 11.8 Å². The van der Waals surface area contributed by atoms with E-state index in [1.807, 2.05) is 0 Å². The molecule has 0 unspecified atom stereocenters. The van der Waals surface area contributed by atoms with E-state index in [2.05, 4.69) is 16.0 Å². The quantitative estimate of drug-likeness (QED) is 0.518. The molecule has 2 aromatic carbocycles. The molecule has 0 saturated carbocycles. The van der Waals surface area contributed by atoms with Gasteiger partial charge in [0.1, 0.15) is 5.75 Å². The Kier molecular flexibility index (Phi) is 7.18. The maximum Gasteiger partial charge on any atom is 0.312 e. The Morgan fingerprint density at radius 2 is 1.30 bits per heavy atom. The second-order valence-corrected chi connectivity index (χ2v) is 5.66. The summed E-state index contributed by atoms with van der Waals surface area (Å²) >= 11 is 0. The van der Waals surface area contributed by atoms with E-state index in [1.54, 1.807) is 55.6 Å². The summed E-state index contributed by atoms with van der Waals surface area (Å²) in [6.07, 6.45) is 0. The average molecular weight is 370 g/mol. The van der Waals surface area contributed by atoms with E-state index in [1.165, 1.54) is 0 Å². The molecule has 0 aliphatic rings. The van der Waals surface area contributed by atoms with Crippen molar-refractivity contribution >= 4 is 17.8 Å². The standard InChI is InChI=1S/C19H22N4O4/c1-27-16-8-6-15(7-9-16)18(25)22-11-10-21-17(24)14-4-2-13(3-5-14)12-23-19(20)26/h2-9H,10-12H2,1H3,(H,21,24)(H,22,25)(H3,20,23,26). The van der Waals surface area contributed by atoms with Crippen LogP contribution in [0, 0.1) is 0 Å². The van der Waals surface area contributed by atoms with Crippen molar-refractivity contribution in [1.82, 2.24) is 16.0 Å². The molecule has 0 heterocycles. The summed E-state index contributed by atoms with van der Waals surface area (Å²) in [4.78, 5) is 34.8. The van der Waals surface area contributed by atoms with Gasteiger partial charge in [0.15, 0.2) is 0 Å². The third-order valence-electron chi connectivity index (χ3n) is 3.73. The van der Waals surface area contributed by atoms with Gasteiger partial charge in [0.2, 0.25) is 0 Å². The number of rotatable bonds is 8. The highest BCUT2D eigenvalue weighted by molar-refractivity contribution is 5.95. The molecule has 2 rings (SSSR count). The molecule has 0 bridgehead atoms. The smallest absolute Gasteiger partial charge is 0.312 e. The molecule has 0 radical (unpaired) electrons. The van der Waals surface area contributed by atoms with Crippen LogP contribution in [-0.4, -0.2) is 38.0 Å². The zero-order valence-electron chi connectivity index (χ0n) is 15.0. The first-order chi connectivity index (χ1) is 13.0. The van der Waals surface area contributed by atoms with Gasteiger partial charge >= 0.3 is 6.03 Å². The minimum Gasteiger partial charge on any atom is -0.497 e. The summed E-state index contributed by atoms with van der Waals surface area (Å²) in [5, 5.41) is 7.94. The van der Waals surface area contributed by atoms with Crippen molar-refractivity contribution < 1.29 is 19.1 Å². The van der Waals surface area contributed by atoms with Gasteiger partial charge in [-0.1, -0.05) is 12.1 Å². The molecule has 0 aromatic heterocycles. The van der Waals surface area contributed by atoms with Gasteiger partial charge < -0.3 is 26.4 Å². The number of ether oxygens (including phenoxy) is 1. The van der Waals surface area contributed by atoms with Crippen molar-refractivity contribution in [1.29, 1.82) is 0 Å². The highest BCUT2D eigenvalue weighted by Gasteiger charge is 2.07. The lowest BCUT2D eigenvalue weighted by Crippen LogP contribution is -2.34. The molecular formula is C19H22N4O4. The molecule has 8 nitrogen and oxygen atoms in total. The van der Waals surface area contributed by atoms with Crippen molar-refractivity contribution in [2.45, 2.75) is 6.54 Å². The summed E-state index contributed by atoms with van der Waals surface area (Å²) in [6, 6.07) is 12.9. The molecule has 0 spiro atoms. The highest BCUT2D eigenvalue weighted by atomic mass is 16.5.